The second-order valence-electron chi connectivity index (χ2n) is 6.66. The first kappa shape index (κ1) is 19.2. The Kier molecular flexibility index (Phi) is 6.35. The summed E-state index contributed by atoms with van der Waals surface area (Å²) in [4.78, 5) is 26.0. The van der Waals surface area contributed by atoms with Crippen LogP contribution in [0.1, 0.15) is 43.4 Å². The molecule has 0 bridgehead atoms. The summed E-state index contributed by atoms with van der Waals surface area (Å²) in [5.41, 5.74) is 2.87. The van der Waals surface area contributed by atoms with Crippen LogP contribution in [0.2, 0.25) is 5.02 Å². The number of carbonyl (C=O) groups excluding carboxylic acids is 2. The zero-order valence-electron chi connectivity index (χ0n) is 15.4. The van der Waals surface area contributed by atoms with Crippen molar-refractivity contribution in [3.8, 4) is 0 Å². The van der Waals surface area contributed by atoms with Crippen molar-refractivity contribution in [1.82, 2.24) is 10.6 Å². The van der Waals surface area contributed by atoms with Gasteiger partial charge in [0.05, 0.1) is 6.04 Å². The van der Waals surface area contributed by atoms with E-state index in [-0.39, 0.29) is 18.0 Å². The second-order valence-corrected chi connectivity index (χ2v) is 7.09. The Morgan fingerprint density at radius 2 is 2.00 bits per heavy atom. The molecule has 1 fully saturated rings. The molecule has 0 aromatic heterocycles. The van der Waals surface area contributed by atoms with E-state index in [1.54, 1.807) is 4.90 Å². The molecule has 5 nitrogen and oxygen atoms in total. The van der Waals surface area contributed by atoms with Crippen LogP contribution in [0.5, 0.6) is 0 Å². The van der Waals surface area contributed by atoms with Crippen molar-refractivity contribution in [1.29, 1.82) is 0 Å². The number of nitrogens with zero attached hydrogens (tertiary/aromatic N) is 1. The van der Waals surface area contributed by atoms with Crippen molar-refractivity contribution in [3.63, 3.8) is 0 Å². The van der Waals surface area contributed by atoms with Crippen molar-refractivity contribution in [2.45, 2.75) is 38.8 Å². The molecule has 2 N–H and O–H groups in total. The second kappa shape index (κ2) is 8.91. The van der Waals surface area contributed by atoms with Crippen molar-refractivity contribution in [2.75, 3.05) is 11.4 Å². The lowest BCUT2D eigenvalue weighted by Gasteiger charge is -2.19. The molecule has 6 heteroatoms. The molecule has 1 unspecified atom stereocenters. The van der Waals surface area contributed by atoms with Crippen LogP contribution in [0, 0.1) is 0 Å². The van der Waals surface area contributed by atoms with E-state index in [0.717, 1.165) is 36.2 Å². The van der Waals surface area contributed by atoms with Gasteiger partial charge in [0.1, 0.15) is 0 Å². The Balaban J connectivity index is 1.57. The van der Waals surface area contributed by atoms with Crippen LogP contribution in [-0.4, -0.2) is 18.5 Å². The fourth-order valence-electron chi connectivity index (χ4n) is 3.26. The number of carbonyl (C=O) groups is 2. The topological polar surface area (TPSA) is 61.4 Å². The highest BCUT2D eigenvalue weighted by Crippen LogP contribution is 2.22. The van der Waals surface area contributed by atoms with E-state index >= 15 is 0 Å². The highest BCUT2D eigenvalue weighted by atomic mass is 35.5. The summed E-state index contributed by atoms with van der Waals surface area (Å²) in [5, 5.41) is 6.56. The van der Waals surface area contributed by atoms with Crippen molar-refractivity contribution < 1.29 is 9.59 Å². The third-order valence-electron chi connectivity index (χ3n) is 4.73. The first-order chi connectivity index (χ1) is 13.1. The molecule has 1 aliphatic rings. The predicted molar refractivity (Wildman–Crippen MR) is 108 cm³/mol. The number of anilines is 1. The van der Waals surface area contributed by atoms with Gasteiger partial charge in [-0.05, 0) is 48.2 Å². The van der Waals surface area contributed by atoms with Crippen LogP contribution in [0.25, 0.3) is 0 Å². The van der Waals surface area contributed by atoms with Crippen molar-refractivity contribution in [3.05, 3.63) is 64.7 Å². The average Bonchev–Trinajstić information content (AvgIpc) is 3.11. The molecule has 2 aromatic carbocycles. The van der Waals surface area contributed by atoms with Gasteiger partial charge in [0.25, 0.3) is 0 Å². The van der Waals surface area contributed by atoms with Crippen LogP contribution in [0.15, 0.2) is 48.5 Å². The fraction of sp³-hybridized carbons (Fsp3) is 0.333. The smallest absolute Gasteiger partial charge is 0.315 e. The van der Waals surface area contributed by atoms with Gasteiger partial charge in [-0.25, -0.2) is 4.79 Å². The summed E-state index contributed by atoms with van der Waals surface area (Å²) in [7, 11) is 0. The van der Waals surface area contributed by atoms with Gasteiger partial charge in [0.2, 0.25) is 5.91 Å². The fourth-order valence-corrected chi connectivity index (χ4v) is 3.39. The van der Waals surface area contributed by atoms with E-state index in [1.807, 2.05) is 55.5 Å². The molecule has 1 atom stereocenters. The molecule has 142 valence electrons. The van der Waals surface area contributed by atoms with Crippen LogP contribution in [0.3, 0.4) is 0 Å². The van der Waals surface area contributed by atoms with Crippen molar-refractivity contribution in [2.24, 2.45) is 0 Å². The zero-order chi connectivity index (χ0) is 19.2. The third-order valence-corrected chi connectivity index (χ3v) is 4.99. The summed E-state index contributed by atoms with van der Waals surface area (Å²) in [6.45, 7) is 3.18. The molecule has 27 heavy (non-hydrogen) atoms. The minimum atomic E-state index is -0.223. The van der Waals surface area contributed by atoms with E-state index in [0.29, 0.717) is 18.0 Å². The first-order valence-corrected chi connectivity index (χ1v) is 9.63. The highest BCUT2D eigenvalue weighted by molar-refractivity contribution is 6.30. The maximum Gasteiger partial charge on any atom is 0.315 e. The van der Waals surface area contributed by atoms with Crippen LogP contribution < -0.4 is 15.5 Å². The zero-order valence-corrected chi connectivity index (χ0v) is 16.1. The Morgan fingerprint density at radius 1 is 1.22 bits per heavy atom. The van der Waals surface area contributed by atoms with Crippen LogP contribution in [0.4, 0.5) is 10.5 Å². The predicted octanol–water partition coefficient (Wildman–Crippen LogP) is 4.42. The highest BCUT2D eigenvalue weighted by Gasteiger charge is 2.21. The van der Waals surface area contributed by atoms with E-state index in [9.17, 15) is 9.59 Å². The largest absolute Gasteiger partial charge is 0.334 e. The monoisotopic (exact) mass is 385 g/mol. The minimum absolute atomic E-state index is 0.0733. The number of rotatable bonds is 6. The van der Waals surface area contributed by atoms with Crippen LogP contribution in [-0.2, 0) is 11.3 Å². The summed E-state index contributed by atoms with van der Waals surface area (Å²) in [6, 6.07) is 14.9. The summed E-state index contributed by atoms with van der Waals surface area (Å²) >= 11 is 5.93. The molecular weight excluding hydrogens is 362 g/mol. The summed E-state index contributed by atoms with van der Waals surface area (Å²) in [6.07, 6.45) is 2.28. The molecule has 0 saturated carbocycles. The number of amides is 3. The number of hydrogen-bond acceptors (Lipinski definition) is 2. The maximum absolute atomic E-state index is 12.3. The van der Waals surface area contributed by atoms with E-state index in [4.69, 9.17) is 11.6 Å². The lowest BCUT2D eigenvalue weighted by atomic mass is 10.1. The van der Waals surface area contributed by atoms with Gasteiger partial charge in [-0.1, -0.05) is 42.8 Å². The van der Waals surface area contributed by atoms with Gasteiger partial charge in [-0.3, -0.25) is 4.79 Å². The molecule has 0 spiro atoms. The van der Waals surface area contributed by atoms with Crippen molar-refractivity contribution >= 4 is 29.2 Å². The van der Waals surface area contributed by atoms with Gasteiger partial charge >= 0.3 is 6.03 Å². The molecule has 1 saturated heterocycles. The number of benzene rings is 2. The molecular formula is C21H24ClN3O2. The van der Waals surface area contributed by atoms with E-state index in [1.165, 1.54) is 0 Å². The number of nitrogens with one attached hydrogen (secondary N) is 2. The molecule has 0 radical (unpaired) electrons. The maximum atomic E-state index is 12.3. The third kappa shape index (κ3) is 5.01. The Morgan fingerprint density at radius 3 is 2.67 bits per heavy atom. The van der Waals surface area contributed by atoms with Gasteiger partial charge < -0.3 is 15.5 Å². The molecule has 1 heterocycles. The average molecular weight is 386 g/mol. The Bertz CT molecular complexity index is 807. The summed E-state index contributed by atoms with van der Waals surface area (Å²) in [5.74, 6) is 0.159. The van der Waals surface area contributed by atoms with Gasteiger partial charge in [0.15, 0.2) is 0 Å². The molecule has 3 amide bonds. The number of hydrogen-bond donors (Lipinski definition) is 2. The summed E-state index contributed by atoms with van der Waals surface area (Å²) < 4.78 is 0. The Labute approximate surface area is 164 Å². The van der Waals surface area contributed by atoms with Gasteiger partial charge in [-0.2, -0.15) is 0 Å². The van der Waals surface area contributed by atoms with E-state index < -0.39 is 0 Å². The Hall–Kier alpha value is -2.53. The van der Waals surface area contributed by atoms with E-state index in [2.05, 4.69) is 10.6 Å². The van der Waals surface area contributed by atoms with Crippen LogP contribution >= 0.6 is 11.6 Å². The molecule has 0 aliphatic carbocycles. The standard InChI is InChI=1S/C21H24ClN3O2/c1-2-19(16-8-10-17(22)11-9-16)24-21(27)23-14-15-5-3-6-18(13-15)25-12-4-7-20(25)26/h3,5-6,8-11,13,19H,2,4,7,12,14H2,1H3,(H2,23,24,27). The quantitative estimate of drug-likeness (QED) is 0.773. The minimum Gasteiger partial charge on any atom is -0.334 e. The SMILES string of the molecule is CCC(NC(=O)NCc1cccc(N2CCCC2=O)c1)c1ccc(Cl)cc1. The molecule has 1 aliphatic heterocycles. The lowest BCUT2D eigenvalue weighted by Crippen LogP contribution is -2.37. The van der Waals surface area contributed by atoms with Gasteiger partial charge in [0, 0.05) is 30.2 Å². The molecule has 3 rings (SSSR count). The number of halogens is 1. The normalized spacial score (nSPS) is 14.9. The molecule has 2 aromatic rings. The number of urea groups is 1. The first-order valence-electron chi connectivity index (χ1n) is 9.26. The van der Waals surface area contributed by atoms with Gasteiger partial charge in [-0.15, -0.1) is 0 Å². The lowest BCUT2D eigenvalue weighted by molar-refractivity contribution is -0.117.